The zero-order chi connectivity index (χ0) is 15.1. The lowest BCUT2D eigenvalue weighted by atomic mass is 10.1. The number of thioether (sulfide) groups is 1. The second kappa shape index (κ2) is 8.44. The van der Waals surface area contributed by atoms with Crippen LogP contribution in [-0.2, 0) is 22.4 Å². The number of hydrogen-bond acceptors (Lipinski definition) is 4. The molecule has 21 heavy (non-hydrogen) atoms. The van der Waals surface area contributed by atoms with Crippen molar-refractivity contribution >= 4 is 17.7 Å². The lowest BCUT2D eigenvalue weighted by Crippen LogP contribution is -2.40. The number of carbonyl (C=O) groups excluding carboxylic acids is 1. The molecule has 3 nitrogen and oxygen atoms in total. The molecule has 0 heterocycles. The van der Waals surface area contributed by atoms with Crippen LogP contribution in [0.25, 0.3) is 0 Å². The minimum atomic E-state index is -0.219. The summed E-state index contributed by atoms with van der Waals surface area (Å²) in [6.07, 6.45) is 4.69. The third-order valence-electron chi connectivity index (χ3n) is 3.70. The average Bonchev–Trinajstić information content (AvgIpc) is 2.95. The quantitative estimate of drug-likeness (QED) is 0.591. The van der Waals surface area contributed by atoms with Gasteiger partial charge >= 0.3 is 5.97 Å². The maximum absolute atomic E-state index is 12.0. The van der Waals surface area contributed by atoms with Gasteiger partial charge in [-0.25, -0.2) is 0 Å². The molecular formula is C17H25NO2S. The summed E-state index contributed by atoms with van der Waals surface area (Å²) in [5.41, 5.74) is 2.97. The van der Waals surface area contributed by atoms with Crippen LogP contribution < -0.4 is 5.32 Å². The summed E-state index contributed by atoms with van der Waals surface area (Å²) < 4.78 is 5.15. The third-order valence-corrected chi connectivity index (χ3v) is 4.79. The minimum absolute atomic E-state index is 0.139. The summed E-state index contributed by atoms with van der Waals surface area (Å²) >= 11 is 1.74. The molecule has 0 aromatic heterocycles. The molecule has 0 saturated heterocycles. The van der Waals surface area contributed by atoms with E-state index in [1.54, 1.807) is 11.8 Å². The van der Waals surface area contributed by atoms with Crippen LogP contribution in [0.5, 0.6) is 0 Å². The number of carbonyl (C=O) groups is 1. The highest BCUT2D eigenvalue weighted by Crippen LogP contribution is 2.27. The van der Waals surface area contributed by atoms with Gasteiger partial charge in [0.15, 0.2) is 0 Å². The van der Waals surface area contributed by atoms with Gasteiger partial charge in [0.05, 0.1) is 6.61 Å². The summed E-state index contributed by atoms with van der Waals surface area (Å²) in [6.45, 7) is 5.23. The summed E-state index contributed by atoms with van der Waals surface area (Å²) in [5.74, 6) is 0.581. The van der Waals surface area contributed by atoms with Crippen LogP contribution in [0.4, 0.5) is 0 Å². The fourth-order valence-corrected chi connectivity index (χ4v) is 3.59. The number of benzene rings is 1. The minimum Gasteiger partial charge on any atom is -0.465 e. The van der Waals surface area contributed by atoms with Crippen LogP contribution in [-0.4, -0.2) is 30.9 Å². The van der Waals surface area contributed by atoms with Crippen LogP contribution >= 0.6 is 11.8 Å². The Bertz CT molecular complexity index is 476. The Morgan fingerprint density at radius 3 is 2.90 bits per heavy atom. The third kappa shape index (κ3) is 4.75. The Hall–Kier alpha value is -1.00. The fraction of sp³-hybridized carbons (Fsp3) is 0.588. The molecule has 0 amide bonds. The predicted molar refractivity (Wildman–Crippen MR) is 87.9 cm³/mol. The molecule has 0 fully saturated rings. The van der Waals surface area contributed by atoms with Crippen LogP contribution in [0.2, 0.25) is 0 Å². The molecular weight excluding hydrogens is 282 g/mol. The number of aryl methyl sites for hydroxylation is 2. The molecule has 0 aliphatic heterocycles. The number of fused-ring (bicyclic) bond motifs is 1. The molecule has 1 atom stereocenters. The first kappa shape index (κ1) is 16.4. The SMILES string of the molecule is CCCNC(CSc1ccc2c(c1)CCC2)C(=O)OCC. The Morgan fingerprint density at radius 1 is 1.33 bits per heavy atom. The van der Waals surface area contributed by atoms with Gasteiger partial charge in [0.2, 0.25) is 0 Å². The molecule has 1 aromatic carbocycles. The molecule has 2 rings (SSSR count). The van der Waals surface area contributed by atoms with E-state index in [0.29, 0.717) is 6.61 Å². The van der Waals surface area contributed by atoms with Crippen molar-refractivity contribution in [2.45, 2.75) is 50.5 Å². The van der Waals surface area contributed by atoms with Crippen LogP contribution in [0.15, 0.2) is 23.1 Å². The van der Waals surface area contributed by atoms with E-state index in [-0.39, 0.29) is 12.0 Å². The lowest BCUT2D eigenvalue weighted by Gasteiger charge is -2.16. The molecule has 116 valence electrons. The van der Waals surface area contributed by atoms with Crippen LogP contribution in [0.1, 0.15) is 37.8 Å². The van der Waals surface area contributed by atoms with E-state index in [0.717, 1.165) is 18.7 Å². The lowest BCUT2D eigenvalue weighted by molar-refractivity contribution is -0.144. The molecule has 1 aliphatic rings. The van der Waals surface area contributed by atoms with E-state index in [1.165, 1.54) is 35.3 Å². The van der Waals surface area contributed by atoms with Gasteiger partial charge in [-0.2, -0.15) is 0 Å². The predicted octanol–water partition coefficient (Wildman–Crippen LogP) is 3.20. The number of nitrogens with one attached hydrogen (secondary N) is 1. The zero-order valence-electron chi connectivity index (χ0n) is 13.0. The van der Waals surface area contributed by atoms with Gasteiger partial charge in [-0.1, -0.05) is 13.0 Å². The summed E-state index contributed by atoms with van der Waals surface area (Å²) in [7, 11) is 0. The van der Waals surface area contributed by atoms with Gasteiger partial charge < -0.3 is 10.1 Å². The highest BCUT2D eigenvalue weighted by molar-refractivity contribution is 7.99. The van der Waals surface area contributed by atoms with Gasteiger partial charge in [-0.15, -0.1) is 11.8 Å². The molecule has 1 aromatic rings. The highest BCUT2D eigenvalue weighted by atomic mass is 32.2. The van der Waals surface area contributed by atoms with Crippen molar-refractivity contribution in [2.75, 3.05) is 18.9 Å². The van der Waals surface area contributed by atoms with Crippen molar-refractivity contribution < 1.29 is 9.53 Å². The van der Waals surface area contributed by atoms with Crippen molar-refractivity contribution in [2.24, 2.45) is 0 Å². The largest absolute Gasteiger partial charge is 0.465 e. The Balaban J connectivity index is 1.92. The summed E-state index contributed by atoms with van der Waals surface area (Å²) in [4.78, 5) is 13.2. The molecule has 1 unspecified atom stereocenters. The summed E-state index contributed by atoms with van der Waals surface area (Å²) in [6, 6.07) is 6.48. The van der Waals surface area contributed by atoms with Gasteiger partial charge in [-0.3, -0.25) is 4.79 Å². The Kier molecular flexibility index (Phi) is 6.58. The zero-order valence-corrected chi connectivity index (χ0v) is 13.8. The van der Waals surface area contributed by atoms with E-state index >= 15 is 0 Å². The van der Waals surface area contributed by atoms with Crippen molar-refractivity contribution in [3.8, 4) is 0 Å². The number of esters is 1. The monoisotopic (exact) mass is 307 g/mol. The number of ether oxygens (including phenoxy) is 1. The molecule has 4 heteroatoms. The smallest absolute Gasteiger partial charge is 0.323 e. The molecule has 0 saturated carbocycles. The average molecular weight is 307 g/mol. The molecule has 0 radical (unpaired) electrons. The number of rotatable bonds is 8. The van der Waals surface area contributed by atoms with E-state index in [1.807, 2.05) is 6.92 Å². The summed E-state index contributed by atoms with van der Waals surface area (Å²) in [5, 5.41) is 3.28. The Morgan fingerprint density at radius 2 is 2.14 bits per heavy atom. The number of hydrogen-bond donors (Lipinski definition) is 1. The first-order chi connectivity index (χ1) is 10.2. The van der Waals surface area contributed by atoms with Crippen molar-refractivity contribution in [1.82, 2.24) is 5.32 Å². The van der Waals surface area contributed by atoms with Crippen molar-refractivity contribution in [3.05, 3.63) is 29.3 Å². The van der Waals surface area contributed by atoms with Crippen LogP contribution in [0.3, 0.4) is 0 Å². The van der Waals surface area contributed by atoms with Gasteiger partial charge in [0.25, 0.3) is 0 Å². The van der Waals surface area contributed by atoms with Gasteiger partial charge in [0.1, 0.15) is 6.04 Å². The second-order valence-electron chi connectivity index (χ2n) is 5.35. The van der Waals surface area contributed by atoms with Crippen molar-refractivity contribution in [1.29, 1.82) is 0 Å². The van der Waals surface area contributed by atoms with Crippen molar-refractivity contribution in [3.63, 3.8) is 0 Å². The fourth-order valence-electron chi connectivity index (χ4n) is 2.59. The van der Waals surface area contributed by atoms with Gasteiger partial charge in [0, 0.05) is 10.6 Å². The topological polar surface area (TPSA) is 38.3 Å². The molecule has 0 bridgehead atoms. The maximum atomic E-state index is 12.0. The normalized spacial score (nSPS) is 14.8. The van der Waals surface area contributed by atoms with Crippen LogP contribution in [0, 0.1) is 0 Å². The highest BCUT2D eigenvalue weighted by Gasteiger charge is 2.19. The van der Waals surface area contributed by atoms with E-state index in [4.69, 9.17) is 4.74 Å². The van der Waals surface area contributed by atoms with E-state index < -0.39 is 0 Å². The molecule has 0 spiro atoms. The second-order valence-corrected chi connectivity index (χ2v) is 6.45. The molecule has 1 aliphatic carbocycles. The molecule has 1 N–H and O–H groups in total. The van der Waals surface area contributed by atoms with Gasteiger partial charge in [-0.05, 0) is 62.4 Å². The Labute approximate surface area is 131 Å². The van der Waals surface area contributed by atoms with E-state index in [9.17, 15) is 4.79 Å². The first-order valence-corrected chi connectivity index (χ1v) is 8.87. The first-order valence-electron chi connectivity index (χ1n) is 7.89. The van der Waals surface area contributed by atoms with E-state index in [2.05, 4.69) is 30.4 Å². The standard InChI is InChI=1S/C17H25NO2S/c1-3-10-18-16(17(19)20-4-2)12-21-15-9-8-13-6-5-7-14(13)11-15/h8-9,11,16,18H,3-7,10,12H2,1-2H3. The maximum Gasteiger partial charge on any atom is 0.323 e.